The molecule has 0 aliphatic heterocycles. The van der Waals surface area contributed by atoms with Gasteiger partial charge in [0.1, 0.15) is 5.75 Å². The molecule has 0 spiro atoms. The molecule has 2 aromatic rings. The van der Waals surface area contributed by atoms with Crippen LogP contribution in [0.1, 0.15) is 38.2 Å². The van der Waals surface area contributed by atoms with Gasteiger partial charge in [-0.3, -0.25) is 4.79 Å². The van der Waals surface area contributed by atoms with Crippen LogP contribution >= 0.6 is 0 Å². The van der Waals surface area contributed by atoms with Gasteiger partial charge in [-0.2, -0.15) is 5.26 Å². The first-order valence-electron chi connectivity index (χ1n) is 9.84. The van der Waals surface area contributed by atoms with Crippen molar-refractivity contribution < 1.29 is 14.3 Å². The average molecular weight is 391 g/mol. The predicted molar refractivity (Wildman–Crippen MR) is 110 cm³/mol. The Bertz CT molecular complexity index is 900. The Morgan fingerprint density at radius 1 is 1.10 bits per heavy atom. The quantitative estimate of drug-likeness (QED) is 0.832. The summed E-state index contributed by atoms with van der Waals surface area (Å²) >= 11 is 0. The van der Waals surface area contributed by atoms with Crippen LogP contribution < -0.4 is 10.1 Å². The van der Waals surface area contributed by atoms with E-state index < -0.39 is 6.09 Å². The summed E-state index contributed by atoms with van der Waals surface area (Å²) in [4.78, 5) is 25.7. The Labute approximate surface area is 171 Å². The van der Waals surface area contributed by atoms with Crippen LogP contribution in [0.3, 0.4) is 0 Å². The Hall–Kier alpha value is -3.33. The molecule has 2 atom stereocenters. The standard InChI is InChI=1S/C23H25N3O3/c1-3-22(27)25-19-10-11-20(14-19)26(2)23(28)29-21-12-8-18(9-13-21)17-6-4-16(15-24)5-7-17/h4-9,12-13,19-20H,3,10-11,14H2,1-2H3,(H,25,27)/t19-,20+/m0/s1. The van der Waals surface area contributed by atoms with Crippen molar-refractivity contribution in [3.8, 4) is 22.9 Å². The van der Waals surface area contributed by atoms with Crippen molar-refractivity contribution in [1.82, 2.24) is 10.2 Å². The maximum Gasteiger partial charge on any atom is 0.415 e. The molecule has 6 heteroatoms. The lowest BCUT2D eigenvalue weighted by atomic mass is 10.0. The Morgan fingerprint density at radius 2 is 1.72 bits per heavy atom. The fourth-order valence-electron chi connectivity index (χ4n) is 3.54. The number of nitrogens with zero attached hydrogens (tertiary/aromatic N) is 2. The van der Waals surface area contributed by atoms with Gasteiger partial charge in [-0.25, -0.2) is 4.79 Å². The number of ether oxygens (including phenoxy) is 1. The summed E-state index contributed by atoms with van der Waals surface area (Å²) in [5.41, 5.74) is 2.59. The number of hydrogen-bond acceptors (Lipinski definition) is 4. The zero-order valence-corrected chi connectivity index (χ0v) is 16.7. The van der Waals surface area contributed by atoms with E-state index in [1.807, 2.05) is 31.2 Å². The van der Waals surface area contributed by atoms with Crippen molar-refractivity contribution in [3.63, 3.8) is 0 Å². The number of nitrogens with one attached hydrogen (secondary N) is 1. The number of benzene rings is 2. The highest BCUT2D eigenvalue weighted by molar-refractivity contribution is 5.76. The summed E-state index contributed by atoms with van der Waals surface area (Å²) < 4.78 is 5.51. The monoisotopic (exact) mass is 391 g/mol. The number of carbonyl (C=O) groups excluding carboxylic acids is 2. The van der Waals surface area contributed by atoms with Crippen molar-refractivity contribution in [2.75, 3.05) is 7.05 Å². The van der Waals surface area contributed by atoms with E-state index in [1.165, 1.54) is 0 Å². The van der Waals surface area contributed by atoms with Crippen LogP contribution in [0, 0.1) is 11.3 Å². The third-order valence-corrected chi connectivity index (χ3v) is 5.33. The molecule has 0 bridgehead atoms. The largest absolute Gasteiger partial charge is 0.415 e. The molecule has 0 radical (unpaired) electrons. The molecule has 150 valence electrons. The minimum absolute atomic E-state index is 0.0447. The molecule has 0 unspecified atom stereocenters. The Kier molecular flexibility index (Phi) is 6.50. The van der Waals surface area contributed by atoms with Crippen LogP contribution in [0.5, 0.6) is 5.75 Å². The third kappa shape index (κ3) is 5.14. The van der Waals surface area contributed by atoms with Crippen LogP contribution in [-0.4, -0.2) is 36.0 Å². The van der Waals surface area contributed by atoms with E-state index in [0.717, 1.165) is 30.4 Å². The second-order valence-electron chi connectivity index (χ2n) is 7.28. The van der Waals surface area contributed by atoms with Gasteiger partial charge in [-0.15, -0.1) is 0 Å². The summed E-state index contributed by atoms with van der Waals surface area (Å²) in [7, 11) is 1.74. The van der Waals surface area contributed by atoms with Gasteiger partial charge in [0.05, 0.1) is 11.6 Å². The molecule has 1 saturated carbocycles. The third-order valence-electron chi connectivity index (χ3n) is 5.33. The maximum absolute atomic E-state index is 12.5. The van der Waals surface area contributed by atoms with Gasteiger partial charge in [-0.05, 0) is 54.7 Å². The second kappa shape index (κ2) is 9.24. The number of carbonyl (C=O) groups is 2. The van der Waals surface area contributed by atoms with Gasteiger partial charge >= 0.3 is 6.09 Å². The van der Waals surface area contributed by atoms with E-state index in [4.69, 9.17) is 10.00 Å². The predicted octanol–water partition coefficient (Wildman–Crippen LogP) is 4.10. The van der Waals surface area contributed by atoms with Crippen LogP contribution in [0.15, 0.2) is 48.5 Å². The van der Waals surface area contributed by atoms with E-state index in [1.54, 1.807) is 36.2 Å². The smallest absolute Gasteiger partial charge is 0.410 e. The Morgan fingerprint density at radius 3 is 2.31 bits per heavy atom. The SMILES string of the molecule is CCC(=O)N[C@H]1CC[C@@H](N(C)C(=O)Oc2ccc(-c3ccc(C#N)cc3)cc2)C1. The van der Waals surface area contributed by atoms with Gasteiger partial charge in [0.2, 0.25) is 5.91 Å². The summed E-state index contributed by atoms with van der Waals surface area (Å²) in [6.07, 6.45) is 2.53. The lowest BCUT2D eigenvalue weighted by molar-refractivity contribution is -0.121. The highest BCUT2D eigenvalue weighted by atomic mass is 16.6. The van der Waals surface area contributed by atoms with Gasteiger partial charge in [0.25, 0.3) is 0 Å². The normalized spacial score (nSPS) is 18.0. The number of nitriles is 1. The lowest BCUT2D eigenvalue weighted by Crippen LogP contribution is -2.39. The van der Waals surface area contributed by atoms with Crippen molar-refractivity contribution >= 4 is 12.0 Å². The molecule has 0 aromatic heterocycles. The van der Waals surface area contributed by atoms with E-state index in [2.05, 4.69) is 11.4 Å². The highest BCUT2D eigenvalue weighted by Gasteiger charge is 2.31. The molecule has 29 heavy (non-hydrogen) atoms. The molecule has 0 heterocycles. The fourth-order valence-corrected chi connectivity index (χ4v) is 3.54. The van der Waals surface area contributed by atoms with E-state index in [0.29, 0.717) is 17.7 Å². The lowest BCUT2D eigenvalue weighted by Gasteiger charge is -2.24. The number of hydrogen-bond donors (Lipinski definition) is 1. The van der Waals surface area contributed by atoms with Crippen LogP contribution in [0.2, 0.25) is 0 Å². The van der Waals surface area contributed by atoms with Crippen molar-refractivity contribution in [2.45, 2.75) is 44.7 Å². The summed E-state index contributed by atoms with van der Waals surface area (Å²) in [5, 5.41) is 11.9. The first-order chi connectivity index (χ1) is 14.0. The molecule has 2 amide bonds. The van der Waals surface area contributed by atoms with Gasteiger partial charge in [0, 0.05) is 25.6 Å². The minimum atomic E-state index is -0.399. The van der Waals surface area contributed by atoms with Gasteiger partial charge < -0.3 is 15.0 Å². The fraction of sp³-hybridized carbons (Fsp3) is 0.348. The van der Waals surface area contributed by atoms with E-state index in [-0.39, 0.29) is 18.0 Å². The zero-order valence-electron chi connectivity index (χ0n) is 16.7. The topological polar surface area (TPSA) is 82.4 Å². The van der Waals surface area contributed by atoms with Crippen molar-refractivity contribution in [2.24, 2.45) is 0 Å². The van der Waals surface area contributed by atoms with Crippen LogP contribution in [0.4, 0.5) is 4.79 Å². The molecule has 1 fully saturated rings. The van der Waals surface area contributed by atoms with Crippen LogP contribution in [-0.2, 0) is 4.79 Å². The minimum Gasteiger partial charge on any atom is -0.410 e. The molecule has 0 saturated heterocycles. The second-order valence-corrected chi connectivity index (χ2v) is 7.28. The molecule has 1 aliphatic rings. The molecular weight excluding hydrogens is 366 g/mol. The molecule has 3 rings (SSSR count). The molecular formula is C23H25N3O3. The van der Waals surface area contributed by atoms with Crippen molar-refractivity contribution in [3.05, 3.63) is 54.1 Å². The highest BCUT2D eigenvalue weighted by Crippen LogP contribution is 2.26. The first-order valence-corrected chi connectivity index (χ1v) is 9.84. The number of amides is 2. The summed E-state index contributed by atoms with van der Waals surface area (Å²) in [6, 6.07) is 16.9. The maximum atomic E-state index is 12.5. The summed E-state index contributed by atoms with van der Waals surface area (Å²) in [6.45, 7) is 1.83. The molecule has 1 N–H and O–H groups in total. The van der Waals surface area contributed by atoms with E-state index in [9.17, 15) is 9.59 Å². The van der Waals surface area contributed by atoms with Crippen LogP contribution in [0.25, 0.3) is 11.1 Å². The average Bonchev–Trinajstić information content (AvgIpc) is 3.22. The van der Waals surface area contributed by atoms with Gasteiger partial charge in [0.15, 0.2) is 0 Å². The molecule has 1 aliphatic carbocycles. The Balaban J connectivity index is 1.56. The first kappa shape index (κ1) is 20.4. The van der Waals surface area contributed by atoms with Gasteiger partial charge in [-0.1, -0.05) is 31.2 Å². The molecule has 2 aromatic carbocycles. The molecule has 6 nitrogen and oxygen atoms in total. The number of rotatable bonds is 5. The van der Waals surface area contributed by atoms with Crippen molar-refractivity contribution in [1.29, 1.82) is 5.26 Å². The zero-order chi connectivity index (χ0) is 20.8. The van der Waals surface area contributed by atoms with E-state index >= 15 is 0 Å². The summed E-state index contributed by atoms with van der Waals surface area (Å²) in [5.74, 6) is 0.524.